The number of ether oxygens (including phenoxy) is 2. The van der Waals surface area contributed by atoms with Crippen molar-refractivity contribution in [3.05, 3.63) is 29.6 Å². The lowest BCUT2D eigenvalue weighted by Gasteiger charge is -2.32. The van der Waals surface area contributed by atoms with Gasteiger partial charge in [0.1, 0.15) is 17.2 Å². The second kappa shape index (κ2) is 13.4. The van der Waals surface area contributed by atoms with Gasteiger partial charge in [-0.25, -0.2) is 9.97 Å². The zero-order valence-electron chi connectivity index (χ0n) is 21.2. The quantitative estimate of drug-likeness (QED) is 0.472. The molecule has 0 bridgehead atoms. The minimum absolute atomic E-state index is 0. The molecule has 0 spiro atoms. The third kappa shape index (κ3) is 6.63. The second-order valence-electron chi connectivity index (χ2n) is 8.45. The van der Waals surface area contributed by atoms with Crippen molar-refractivity contribution in [2.75, 3.05) is 68.3 Å². The predicted octanol–water partition coefficient (Wildman–Crippen LogP) is 3.30. The Labute approximate surface area is 220 Å². The molecule has 2 aromatic heterocycles. The maximum Gasteiger partial charge on any atom is 0.227 e. The van der Waals surface area contributed by atoms with Crippen LogP contribution in [0, 0.1) is 6.92 Å². The number of fused-ring (bicyclic) bond motifs is 1. The highest BCUT2D eigenvalue weighted by atomic mass is 35.5. The molecule has 2 aliphatic rings. The Morgan fingerprint density at radius 2 is 2.00 bits per heavy atom. The summed E-state index contributed by atoms with van der Waals surface area (Å²) >= 11 is 0. The lowest BCUT2D eigenvalue weighted by Crippen LogP contribution is -2.50. The molecule has 10 nitrogen and oxygen atoms in total. The topological polar surface area (TPSA) is 90.9 Å². The van der Waals surface area contributed by atoms with Crippen LogP contribution in [0.5, 0.6) is 0 Å². The minimum Gasteiger partial charge on any atom is -0.380 e. The van der Waals surface area contributed by atoms with E-state index in [0.717, 1.165) is 48.2 Å². The number of hydrazine groups is 1. The van der Waals surface area contributed by atoms with E-state index in [4.69, 9.17) is 19.4 Å². The second-order valence-corrected chi connectivity index (χ2v) is 8.45. The lowest BCUT2D eigenvalue weighted by atomic mass is 10.2. The number of anilines is 4. The lowest BCUT2D eigenvalue weighted by molar-refractivity contribution is -0.0421. The van der Waals surface area contributed by atoms with Gasteiger partial charge in [-0.05, 0) is 45.4 Å². The Morgan fingerprint density at radius 1 is 1.20 bits per heavy atom. The van der Waals surface area contributed by atoms with Crippen LogP contribution in [-0.2, 0) is 9.47 Å². The van der Waals surface area contributed by atoms with Crippen molar-refractivity contribution in [1.29, 1.82) is 0 Å². The van der Waals surface area contributed by atoms with E-state index < -0.39 is 0 Å². The van der Waals surface area contributed by atoms with Crippen molar-refractivity contribution in [3.8, 4) is 0 Å². The van der Waals surface area contributed by atoms with Gasteiger partial charge in [-0.3, -0.25) is 5.01 Å². The number of hydrogen-bond acceptors (Lipinski definition) is 10. The molecule has 0 radical (unpaired) electrons. The molecular weight excluding hydrogens is 491 g/mol. The number of nitrogens with one attached hydrogen (secondary N) is 2. The smallest absolute Gasteiger partial charge is 0.227 e. The van der Waals surface area contributed by atoms with E-state index in [9.17, 15) is 0 Å². The van der Waals surface area contributed by atoms with E-state index >= 15 is 0 Å². The van der Waals surface area contributed by atoms with Gasteiger partial charge in [0.2, 0.25) is 5.95 Å². The summed E-state index contributed by atoms with van der Waals surface area (Å²) < 4.78 is 11.8. The number of aromatic nitrogens is 3. The molecule has 1 unspecified atom stereocenters. The predicted molar refractivity (Wildman–Crippen MR) is 144 cm³/mol. The van der Waals surface area contributed by atoms with Crippen LogP contribution in [0.4, 0.5) is 23.3 Å². The van der Waals surface area contributed by atoms with E-state index in [1.54, 1.807) is 6.20 Å². The number of aryl methyl sites for hydroxylation is 1. The van der Waals surface area contributed by atoms with E-state index in [0.29, 0.717) is 38.4 Å². The summed E-state index contributed by atoms with van der Waals surface area (Å²) in [7, 11) is 2.02. The van der Waals surface area contributed by atoms with Crippen LogP contribution in [0.15, 0.2) is 18.3 Å². The van der Waals surface area contributed by atoms with Crippen LogP contribution >= 0.6 is 24.8 Å². The highest BCUT2D eigenvalue weighted by molar-refractivity contribution is 5.85. The van der Waals surface area contributed by atoms with Crippen molar-refractivity contribution in [1.82, 2.24) is 25.3 Å². The summed E-state index contributed by atoms with van der Waals surface area (Å²) in [6, 6.07) is 4.37. The summed E-state index contributed by atoms with van der Waals surface area (Å²) in [4.78, 5) is 16.8. The van der Waals surface area contributed by atoms with Gasteiger partial charge in [-0.15, -0.1) is 24.8 Å². The van der Waals surface area contributed by atoms with Gasteiger partial charge in [0, 0.05) is 52.1 Å². The maximum atomic E-state index is 6.14. The molecule has 1 fully saturated rings. The number of halogens is 2. The Hall–Kier alpha value is -1.95. The molecule has 12 heteroatoms. The average Bonchev–Trinajstić information content (AvgIpc) is 3.06. The zero-order valence-corrected chi connectivity index (χ0v) is 22.8. The normalized spacial score (nSPS) is 19.7. The molecule has 2 atom stereocenters. The molecule has 35 heavy (non-hydrogen) atoms. The molecule has 2 aromatic rings. The third-order valence-electron chi connectivity index (χ3n) is 5.90. The van der Waals surface area contributed by atoms with E-state index in [2.05, 4.69) is 44.4 Å². The number of rotatable bonds is 9. The number of piperazine rings is 1. The first-order valence-corrected chi connectivity index (χ1v) is 11.8. The Kier molecular flexibility index (Phi) is 11.2. The van der Waals surface area contributed by atoms with Gasteiger partial charge in [-0.1, -0.05) is 0 Å². The van der Waals surface area contributed by atoms with Crippen molar-refractivity contribution in [2.24, 2.45) is 0 Å². The fraction of sp³-hybridized carbons (Fsp3) is 0.609. The van der Waals surface area contributed by atoms with Crippen molar-refractivity contribution in [3.63, 3.8) is 0 Å². The van der Waals surface area contributed by atoms with Crippen molar-refractivity contribution in [2.45, 2.75) is 40.0 Å². The minimum atomic E-state index is -0.292. The van der Waals surface area contributed by atoms with Crippen LogP contribution in [0.2, 0.25) is 0 Å². The monoisotopic (exact) mass is 528 g/mol. The number of hydrogen-bond donors (Lipinski definition) is 2. The van der Waals surface area contributed by atoms with E-state index in [1.165, 1.54) is 0 Å². The molecule has 2 N–H and O–H groups in total. The van der Waals surface area contributed by atoms with Crippen molar-refractivity contribution < 1.29 is 9.47 Å². The SMILES string of the molecule is CCOCCN1c2c(Nc3cc(C)ccn3)nc(N3CCN[C@H](C)C3)nc2C(OCC)N1C.Cl.Cl. The molecule has 196 valence electrons. The van der Waals surface area contributed by atoms with Gasteiger partial charge in [0.05, 0.1) is 13.2 Å². The number of pyridine rings is 1. The van der Waals surface area contributed by atoms with Crippen LogP contribution in [0.25, 0.3) is 0 Å². The molecule has 0 aromatic carbocycles. The molecule has 4 heterocycles. The van der Waals surface area contributed by atoms with Crippen LogP contribution < -0.4 is 20.5 Å². The van der Waals surface area contributed by atoms with E-state index in [-0.39, 0.29) is 31.0 Å². The standard InChI is InChI=1S/C23H36N8O2.2ClH/c1-6-32-13-12-31-20-19(22(29(31)5)33-7-2)27-23(30-11-10-24-17(4)15-30)28-21(20)26-18-14-16(3)8-9-25-18;;/h8-9,14,17,22,24H,6-7,10-13,15H2,1-5H3,(H,25,26,27,28);2*1H/t17-,22?;;/m1../s1. The van der Waals surface area contributed by atoms with E-state index in [1.807, 2.05) is 33.0 Å². The first-order chi connectivity index (χ1) is 16.0. The summed E-state index contributed by atoms with van der Waals surface area (Å²) in [5.41, 5.74) is 2.90. The van der Waals surface area contributed by atoms with Gasteiger partial charge >= 0.3 is 0 Å². The third-order valence-corrected chi connectivity index (χ3v) is 5.90. The molecular formula is C23H38Cl2N8O2. The Bertz CT molecular complexity index is 954. The summed E-state index contributed by atoms with van der Waals surface area (Å²) in [5.74, 6) is 2.19. The van der Waals surface area contributed by atoms with Gasteiger partial charge in [0.25, 0.3) is 0 Å². The first-order valence-electron chi connectivity index (χ1n) is 11.8. The Morgan fingerprint density at radius 3 is 2.69 bits per heavy atom. The van der Waals surface area contributed by atoms with Crippen LogP contribution in [-0.4, -0.2) is 79.1 Å². The molecule has 4 rings (SSSR count). The van der Waals surface area contributed by atoms with Crippen molar-refractivity contribution >= 4 is 48.1 Å². The fourth-order valence-corrected chi connectivity index (χ4v) is 4.33. The highest BCUT2D eigenvalue weighted by Crippen LogP contribution is 2.44. The Balaban J connectivity index is 0.00000216. The van der Waals surface area contributed by atoms with Gasteiger partial charge in [0.15, 0.2) is 12.0 Å². The first kappa shape index (κ1) is 29.3. The molecule has 0 amide bonds. The molecule has 0 saturated carbocycles. The average molecular weight is 530 g/mol. The largest absolute Gasteiger partial charge is 0.380 e. The summed E-state index contributed by atoms with van der Waals surface area (Å²) in [6.45, 7) is 13.4. The zero-order chi connectivity index (χ0) is 23.4. The molecule has 0 aliphatic carbocycles. The van der Waals surface area contributed by atoms with Gasteiger partial charge in [-0.2, -0.15) is 9.99 Å². The summed E-state index contributed by atoms with van der Waals surface area (Å²) in [5, 5.41) is 11.2. The van der Waals surface area contributed by atoms with Crippen LogP contribution in [0.3, 0.4) is 0 Å². The molecule has 1 saturated heterocycles. The van der Waals surface area contributed by atoms with Gasteiger partial charge < -0.3 is 25.0 Å². The molecule has 2 aliphatic heterocycles. The summed E-state index contributed by atoms with van der Waals surface area (Å²) in [6.07, 6.45) is 1.51. The van der Waals surface area contributed by atoms with Crippen LogP contribution in [0.1, 0.15) is 38.3 Å². The number of nitrogens with zero attached hydrogens (tertiary/aromatic N) is 6. The highest BCUT2D eigenvalue weighted by Gasteiger charge is 2.40. The fourth-order valence-electron chi connectivity index (χ4n) is 4.33. The maximum absolute atomic E-state index is 6.14.